The van der Waals surface area contributed by atoms with Crippen molar-refractivity contribution in [2.45, 2.75) is 13.8 Å². The molecule has 2 aromatic heterocycles. The van der Waals surface area contributed by atoms with Crippen molar-refractivity contribution in [1.82, 2.24) is 19.9 Å². The lowest BCUT2D eigenvalue weighted by molar-refractivity contribution is 0.461. The maximum Gasteiger partial charge on any atom is 0.250 e. The zero-order chi connectivity index (χ0) is 20.4. The lowest BCUT2D eigenvalue weighted by Gasteiger charge is -2.13. The minimum absolute atomic E-state index is 0.313. The molecule has 0 saturated heterocycles. The van der Waals surface area contributed by atoms with E-state index in [0.29, 0.717) is 39.9 Å². The normalized spacial score (nSPS) is 10.3. The van der Waals surface area contributed by atoms with Gasteiger partial charge in [-0.25, -0.2) is 4.98 Å². The number of imidazole rings is 1. The van der Waals surface area contributed by atoms with Gasteiger partial charge >= 0.3 is 0 Å². The van der Waals surface area contributed by atoms with E-state index in [1.54, 1.807) is 36.4 Å². The molecule has 0 aliphatic heterocycles. The molecule has 0 bridgehead atoms. The molecule has 2 N–H and O–H groups in total. The summed E-state index contributed by atoms with van der Waals surface area (Å²) in [5.74, 6) is 1.26. The van der Waals surface area contributed by atoms with Crippen molar-refractivity contribution < 1.29 is 4.74 Å². The number of rotatable bonds is 4. The van der Waals surface area contributed by atoms with Crippen molar-refractivity contribution in [3.05, 3.63) is 65.0 Å². The van der Waals surface area contributed by atoms with Gasteiger partial charge in [-0.05, 0) is 61.4 Å². The number of nitrogens with zero attached hydrogens (tertiary/aromatic N) is 5. The van der Waals surface area contributed by atoms with Crippen molar-refractivity contribution in [2.75, 3.05) is 5.32 Å². The van der Waals surface area contributed by atoms with Gasteiger partial charge in [0.25, 0.3) is 5.88 Å². The first-order chi connectivity index (χ1) is 14.1. The van der Waals surface area contributed by atoms with Crippen LogP contribution in [0.1, 0.15) is 22.3 Å². The summed E-state index contributed by atoms with van der Waals surface area (Å²) in [4.78, 5) is 16.1. The lowest BCUT2D eigenvalue weighted by atomic mass is 10.1. The van der Waals surface area contributed by atoms with Crippen LogP contribution >= 0.6 is 0 Å². The molecule has 0 fully saturated rings. The second kappa shape index (κ2) is 7.29. The standard InChI is InChI=1S/C21H15N7O/c1-12-7-15(10-23)8-13(2)18(12)29-20-17-19(25-11-24-17)27-21(28-20)26-16-5-3-14(9-22)4-6-16/h3-8,11H,1-2H3,(H2,24,25,26,27,28). The fourth-order valence-electron chi connectivity index (χ4n) is 2.97. The molecule has 2 heterocycles. The van der Waals surface area contributed by atoms with E-state index in [0.717, 1.165) is 16.8 Å². The second-order valence-electron chi connectivity index (χ2n) is 6.42. The van der Waals surface area contributed by atoms with Crippen LogP contribution in [0, 0.1) is 36.5 Å². The fraction of sp³-hybridized carbons (Fsp3) is 0.0952. The van der Waals surface area contributed by atoms with Crippen LogP contribution in [0.15, 0.2) is 42.7 Å². The summed E-state index contributed by atoms with van der Waals surface area (Å²) in [5.41, 5.74) is 4.55. The summed E-state index contributed by atoms with van der Waals surface area (Å²) in [5, 5.41) is 21.2. The Morgan fingerprint density at radius 1 is 0.966 bits per heavy atom. The van der Waals surface area contributed by atoms with Crippen molar-refractivity contribution in [2.24, 2.45) is 0 Å². The van der Waals surface area contributed by atoms with E-state index >= 15 is 0 Å². The minimum Gasteiger partial charge on any atom is -0.436 e. The van der Waals surface area contributed by atoms with E-state index in [9.17, 15) is 0 Å². The Morgan fingerprint density at radius 3 is 2.31 bits per heavy atom. The smallest absolute Gasteiger partial charge is 0.250 e. The van der Waals surface area contributed by atoms with Crippen LogP contribution in [0.2, 0.25) is 0 Å². The number of hydrogen-bond acceptors (Lipinski definition) is 7. The van der Waals surface area contributed by atoms with Crippen LogP contribution in [0.25, 0.3) is 11.2 Å². The molecule has 0 atom stereocenters. The van der Waals surface area contributed by atoms with Crippen LogP contribution in [0.3, 0.4) is 0 Å². The van der Waals surface area contributed by atoms with E-state index < -0.39 is 0 Å². The molecule has 0 unspecified atom stereocenters. The Kier molecular flexibility index (Phi) is 4.52. The van der Waals surface area contributed by atoms with E-state index in [1.165, 1.54) is 6.33 Å². The highest BCUT2D eigenvalue weighted by atomic mass is 16.5. The summed E-state index contributed by atoms with van der Waals surface area (Å²) in [7, 11) is 0. The highest BCUT2D eigenvalue weighted by Crippen LogP contribution is 2.32. The average molecular weight is 381 g/mol. The first-order valence-corrected chi connectivity index (χ1v) is 8.75. The topological polar surface area (TPSA) is 123 Å². The lowest BCUT2D eigenvalue weighted by Crippen LogP contribution is -2.01. The molecule has 8 heteroatoms. The monoisotopic (exact) mass is 381 g/mol. The molecular weight excluding hydrogens is 366 g/mol. The third kappa shape index (κ3) is 3.55. The Morgan fingerprint density at radius 2 is 1.66 bits per heavy atom. The molecule has 0 saturated carbocycles. The molecule has 0 radical (unpaired) electrons. The number of anilines is 2. The summed E-state index contributed by atoms with van der Waals surface area (Å²) >= 11 is 0. The van der Waals surface area contributed by atoms with Crippen LogP contribution in [-0.2, 0) is 0 Å². The molecule has 8 nitrogen and oxygen atoms in total. The maximum atomic E-state index is 9.14. The van der Waals surface area contributed by atoms with Gasteiger partial charge < -0.3 is 15.0 Å². The predicted octanol–water partition coefficient (Wildman–Crippen LogP) is 4.25. The average Bonchev–Trinajstić information content (AvgIpc) is 3.20. The SMILES string of the molecule is Cc1cc(C#N)cc(C)c1Oc1nc(Nc2ccc(C#N)cc2)nc2nc[nH]c12. The number of nitriles is 2. The number of aryl methyl sites for hydroxylation is 2. The van der Waals surface area contributed by atoms with Crippen molar-refractivity contribution >= 4 is 22.8 Å². The quantitative estimate of drug-likeness (QED) is 0.541. The molecule has 0 amide bonds. The third-order valence-electron chi connectivity index (χ3n) is 4.31. The first-order valence-electron chi connectivity index (χ1n) is 8.75. The Balaban J connectivity index is 1.72. The van der Waals surface area contributed by atoms with Gasteiger partial charge in [0.15, 0.2) is 5.65 Å². The minimum atomic E-state index is 0.313. The van der Waals surface area contributed by atoms with Crippen LogP contribution in [0.5, 0.6) is 11.6 Å². The van der Waals surface area contributed by atoms with Gasteiger partial charge in [0.05, 0.1) is 29.6 Å². The molecule has 140 valence electrons. The van der Waals surface area contributed by atoms with E-state index in [2.05, 4.69) is 37.4 Å². The third-order valence-corrected chi connectivity index (χ3v) is 4.31. The highest BCUT2D eigenvalue weighted by Gasteiger charge is 2.15. The number of aromatic nitrogens is 4. The van der Waals surface area contributed by atoms with E-state index in [-0.39, 0.29) is 0 Å². The Labute approximate surface area is 166 Å². The number of nitrogens with one attached hydrogen (secondary N) is 2. The van der Waals surface area contributed by atoms with Crippen molar-refractivity contribution in [3.8, 4) is 23.8 Å². The largest absolute Gasteiger partial charge is 0.436 e. The summed E-state index contributed by atoms with van der Waals surface area (Å²) in [6.45, 7) is 3.76. The predicted molar refractivity (Wildman–Crippen MR) is 107 cm³/mol. The molecule has 2 aromatic carbocycles. The second-order valence-corrected chi connectivity index (χ2v) is 6.42. The van der Waals surface area contributed by atoms with Crippen molar-refractivity contribution in [1.29, 1.82) is 10.5 Å². The van der Waals surface area contributed by atoms with Gasteiger partial charge in [-0.3, -0.25) is 0 Å². The van der Waals surface area contributed by atoms with Gasteiger partial charge in [0.1, 0.15) is 11.3 Å². The number of fused-ring (bicyclic) bond motifs is 1. The molecular formula is C21H15N7O. The summed E-state index contributed by atoms with van der Waals surface area (Å²) in [6.07, 6.45) is 1.52. The van der Waals surface area contributed by atoms with Crippen LogP contribution in [0.4, 0.5) is 11.6 Å². The van der Waals surface area contributed by atoms with Gasteiger partial charge in [-0.1, -0.05) is 0 Å². The molecule has 0 aliphatic rings. The number of hydrogen-bond donors (Lipinski definition) is 2. The van der Waals surface area contributed by atoms with E-state index in [4.69, 9.17) is 15.3 Å². The number of benzene rings is 2. The molecule has 0 spiro atoms. The van der Waals surface area contributed by atoms with Gasteiger partial charge in [-0.15, -0.1) is 0 Å². The number of aromatic amines is 1. The van der Waals surface area contributed by atoms with Crippen molar-refractivity contribution in [3.63, 3.8) is 0 Å². The Hall–Kier alpha value is -4.43. The molecule has 0 aliphatic carbocycles. The van der Waals surface area contributed by atoms with Gasteiger partial charge in [0, 0.05) is 5.69 Å². The summed E-state index contributed by atoms with van der Waals surface area (Å²) < 4.78 is 6.11. The van der Waals surface area contributed by atoms with Crippen LogP contribution < -0.4 is 10.1 Å². The highest BCUT2D eigenvalue weighted by molar-refractivity contribution is 5.78. The maximum absolute atomic E-state index is 9.14. The zero-order valence-electron chi connectivity index (χ0n) is 15.7. The summed E-state index contributed by atoms with van der Waals surface area (Å²) in [6, 6.07) is 14.7. The fourth-order valence-corrected chi connectivity index (χ4v) is 2.97. The van der Waals surface area contributed by atoms with Gasteiger partial charge in [-0.2, -0.15) is 20.5 Å². The number of ether oxygens (including phenoxy) is 1. The first kappa shape index (κ1) is 18.0. The van der Waals surface area contributed by atoms with Gasteiger partial charge in [0.2, 0.25) is 5.95 Å². The number of H-pyrrole nitrogens is 1. The van der Waals surface area contributed by atoms with E-state index in [1.807, 2.05) is 13.8 Å². The zero-order valence-corrected chi connectivity index (χ0v) is 15.7. The van der Waals surface area contributed by atoms with Crippen LogP contribution in [-0.4, -0.2) is 19.9 Å². The molecule has 4 aromatic rings. The molecule has 29 heavy (non-hydrogen) atoms. The Bertz CT molecular complexity index is 1270. The molecule has 4 rings (SSSR count).